The lowest BCUT2D eigenvalue weighted by Crippen LogP contribution is -2.40. The van der Waals surface area contributed by atoms with Crippen LogP contribution in [0.25, 0.3) is 0 Å². The van der Waals surface area contributed by atoms with Gasteiger partial charge in [0, 0.05) is 22.5 Å². The molecule has 0 aliphatic carbocycles. The van der Waals surface area contributed by atoms with E-state index in [4.69, 9.17) is 21.1 Å². The SMILES string of the molecule is O=C(Nc1ncc(Cc2cc(C(F)(F)F)ccc2Cl)s1)C1COc2ccccc2O1. The van der Waals surface area contributed by atoms with Gasteiger partial charge in [-0.25, -0.2) is 4.98 Å². The smallest absolute Gasteiger partial charge is 0.416 e. The predicted molar refractivity (Wildman–Crippen MR) is 106 cm³/mol. The van der Waals surface area contributed by atoms with E-state index < -0.39 is 23.8 Å². The van der Waals surface area contributed by atoms with Gasteiger partial charge in [0.1, 0.15) is 6.61 Å². The van der Waals surface area contributed by atoms with Gasteiger partial charge in [-0.2, -0.15) is 13.2 Å². The van der Waals surface area contributed by atoms with Crippen molar-refractivity contribution in [2.24, 2.45) is 0 Å². The van der Waals surface area contributed by atoms with Crippen LogP contribution in [0.4, 0.5) is 18.3 Å². The molecule has 1 amide bonds. The summed E-state index contributed by atoms with van der Waals surface area (Å²) in [5.41, 5.74) is -0.441. The summed E-state index contributed by atoms with van der Waals surface area (Å²) in [5.74, 6) is 0.612. The van der Waals surface area contributed by atoms with Crippen LogP contribution >= 0.6 is 22.9 Å². The monoisotopic (exact) mass is 454 g/mol. The van der Waals surface area contributed by atoms with Gasteiger partial charge in [-0.05, 0) is 35.9 Å². The lowest BCUT2D eigenvalue weighted by molar-refractivity contribution is -0.137. The first-order chi connectivity index (χ1) is 14.3. The zero-order valence-electron chi connectivity index (χ0n) is 15.2. The van der Waals surface area contributed by atoms with E-state index in [1.807, 2.05) is 0 Å². The molecule has 156 valence electrons. The van der Waals surface area contributed by atoms with Crippen molar-refractivity contribution in [2.75, 3.05) is 11.9 Å². The zero-order chi connectivity index (χ0) is 21.3. The summed E-state index contributed by atoms with van der Waals surface area (Å²) in [6.07, 6.45) is -3.64. The summed E-state index contributed by atoms with van der Waals surface area (Å²) in [6.45, 7) is 0.0565. The predicted octanol–water partition coefficient (Wildman–Crippen LogP) is 5.18. The van der Waals surface area contributed by atoms with Crippen LogP contribution in [0.15, 0.2) is 48.7 Å². The minimum atomic E-state index is -4.45. The highest BCUT2D eigenvalue weighted by Gasteiger charge is 2.31. The first kappa shape index (κ1) is 20.5. The summed E-state index contributed by atoms with van der Waals surface area (Å²) in [6, 6.07) is 10.2. The molecule has 10 heteroatoms. The number of ether oxygens (including phenoxy) is 2. The van der Waals surface area contributed by atoms with Crippen LogP contribution in [-0.4, -0.2) is 23.6 Å². The lowest BCUT2D eigenvalue weighted by atomic mass is 10.1. The molecule has 1 atom stereocenters. The number of hydrogen-bond acceptors (Lipinski definition) is 5. The van der Waals surface area contributed by atoms with E-state index in [1.165, 1.54) is 12.3 Å². The number of carbonyl (C=O) groups excluding carboxylic acids is 1. The molecule has 0 saturated carbocycles. The molecule has 0 bridgehead atoms. The molecule has 0 saturated heterocycles. The van der Waals surface area contributed by atoms with Gasteiger partial charge in [0.2, 0.25) is 6.10 Å². The van der Waals surface area contributed by atoms with Crippen molar-refractivity contribution < 1.29 is 27.4 Å². The van der Waals surface area contributed by atoms with Crippen molar-refractivity contribution in [3.05, 3.63) is 69.7 Å². The minimum Gasteiger partial charge on any atom is -0.485 e. The third-order valence-corrected chi connectivity index (χ3v) is 5.60. The number of alkyl halides is 3. The van der Waals surface area contributed by atoms with Gasteiger partial charge in [-0.3, -0.25) is 10.1 Å². The third kappa shape index (κ3) is 4.52. The molecule has 4 rings (SSSR count). The van der Waals surface area contributed by atoms with Gasteiger partial charge in [0.25, 0.3) is 5.91 Å². The quantitative estimate of drug-likeness (QED) is 0.589. The highest BCUT2D eigenvalue weighted by molar-refractivity contribution is 7.15. The molecule has 0 fully saturated rings. The standard InChI is InChI=1S/C20H14ClF3N2O3S/c21-14-6-5-12(20(22,23)24)7-11(14)8-13-9-25-19(30-13)26-18(27)17-10-28-15-3-1-2-4-16(15)29-17/h1-7,9,17H,8,10H2,(H,25,26,27). The van der Waals surface area contributed by atoms with Crippen molar-refractivity contribution >= 4 is 34.0 Å². The molecule has 1 N–H and O–H groups in total. The second kappa shape index (κ2) is 8.16. The Labute approximate surface area is 178 Å². The summed E-state index contributed by atoms with van der Waals surface area (Å²) in [7, 11) is 0. The van der Waals surface area contributed by atoms with Crippen LogP contribution in [0.1, 0.15) is 16.0 Å². The largest absolute Gasteiger partial charge is 0.485 e. The van der Waals surface area contributed by atoms with Gasteiger partial charge in [0.05, 0.1) is 5.56 Å². The fourth-order valence-electron chi connectivity index (χ4n) is 2.86. The zero-order valence-corrected chi connectivity index (χ0v) is 16.8. The van der Waals surface area contributed by atoms with E-state index in [-0.39, 0.29) is 18.1 Å². The number of carbonyl (C=O) groups is 1. The maximum Gasteiger partial charge on any atom is 0.416 e. The second-order valence-electron chi connectivity index (χ2n) is 6.47. The average molecular weight is 455 g/mol. The highest BCUT2D eigenvalue weighted by Crippen LogP contribution is 2.34. The Kier molecular flexibility index (Phi) is 5.57. The van der Waals surface area contributed by atoms with Crippen LogP contribution < -0.4 is 14.8 Å². The first-order valence-corrected chi connectivity index (χ1v) is 9.99. The molecular formula is C20H14ClF3N2O3S. The van der Waals surface area contributed by atoms with Crippen molar-refractivity contribution in [1.29, 1.82) is 0 Å². The van der Waals surface area contributed by atoms with Crippen LogP contribution in [-0.2, 0) is 17.4 Å². The normalized spacial score (nSPS) is 15.7. The third-order valence-electron chi connectivity index (χ3n) is 4.32. The second-order valence-corrected chi connectivity index (χ2v) is 7.99. The van der Waals surface area contributed by atoms with E-state index in [9.17, 15) is 18.0 Å². The number of hydrogen-bond donors (Lipinski definition) is 1. The molecule has 5 nitrogen and oxygen atoms in total. The number of para-hydroxylation sites is 2. The Bertz CT molecular complexity index is 1090. The Morgan fingerprint density at radius 3 is 2.77 bits per heavy atom. The van der Waals surface area contributed by atoms with E-state index >= 15 is 0 Å². The molecule has 30 heavy (non-hydrogen) atoms. The maximum absolute atomic E-state index is 12.9. The van der Waals surface area contributed by atoms with E-state index in [0.29, 0.717) is 27.1 Å². The summed E-state index contributed by atoms with van der Waals surface area (Å²) in [4.78, 5) is 17.2. The first-order valence-electron chi connectivity index (χ1n) is 8.79. The van der Waals surface area contributed by atoms with Crippen LogP contribution in [0, 0.1) is 0 Å². The Balaban J connectivity index is 1.42. The summed E-state index contributed by atoms with van der Waals surface area (Å²) in [5, 5.41) is 3.19. The Morgan fingerprint density at radius 2 is 2.00 bits per heavy atom. The number of anilines is 1. The number of aromatic nitrogens is 1. The number of thiazole rings is 1. The molecule has 1 aliphatic rings. The number of nitrogens with zero attached hydrogens (tertiary/aromatic N) is 1. The van der Waals surface area contributed by atoms with Crippen molar-refractivity contribution in [3.63, 3.8) is 0 Å². The van der Waals surface area contributed by atoms with Gasteiger partial charge in [-0.1, -0.05) is 23.7 Å². The molecule has 1 aliphatic heterocycles. The molecule has 0 radical (unpaired) electrons. The van der Waals surface area contributed by atoms with Gasteiger partial charge < -0.3 is 9.47 Å². The number of benzene rings is 2. The van der Waals surface area contributed by atoms with Gasteiger partial charge in [0.15, 0.2) is 16.6 Å². The minimum absolute atomic E-state index is 0.0565. The topological polar surface area (TPSA) is 60.5 Å². The van der Waals surface area contributed by atoms with E-state index in [1.54, 1.807) is 24.3 Å². The van der Waals surface area contributed by atoms with Gasteiger partial charge >= 0.3 is 6.18 Å². The van der Waals surface area contributed by atoms with Crippen molar-refractivity contribution in [1.82, 2.24) is 4.98 Å². The number of fused-ring (bicyclic) bond motifs is 1. The van der Waals surface area contributed by atoms with Crippen LogP contribution in [0.2, 0.25) is 5.02 Å². The number of amides is 1. The molecule has 1 aromatic heterocycles. The van der Waals surface area contributed by atoms with Crippen molar-refractivity contribution in [2.45, 2.75) is 18.7 Å². The highest BCUT2D eigenvalue weighted by atomic mass is 35.5. The number of halogens is 4. The molecule has 3 aromatic rings. The molecule has 1 unspecified atom stereocenters. The molecule has 2 heterocycles. The fraction of sp³-hybridized carbons (Fsp3) is 0.200. The maximum atomic E-state index is 12.9. The molecule has 0 spiro atoms. The lowest BCUT2D eigenvalue weighted by Gasteiger charge is -2.25. The average Bonchev–Trinajstić information content (AvgIpc) is 3.15. The van der Waals surface area contributed by atoms with Crippen LogP contribution in [0.3, 0.4) is 0 Å². The fourth-order valence-corrected chi connectivity index (χ4v) is 3.88. The summed E-state index contributed by atoms with van der Waals surface area (Å²) >= 11 is 7.20. The van der Waals surface area contributed by atoms with Crippen LogP contribution in [0.5, 0.6) is 11.5 Å². The van der Waals surface area contributed by atoms with Gasteiger partial charge in [-0.15, -0.1) is 11.3 Å². The molecule has 2 aromatic carbocycles. The molecular weight excluding hydrogens is 441 g/mol. The number of rotatable bonds is 4. The van der Waals surface area contributed by atoms with Crippen molar-refractivity contribution in [3.8, 4) is 11.5 Å². The Morgan fingerprint density at radius 1 is 1.23 bits per heavy atom. The van der Waals surface area contributed by atoms with E-state index in [0.717, 1.165) is 23.5 Å². The van der Waals surface area contributed by atoms with E-state index in [2.05, 4.69) is 10.3 Å². The number of nitrogens with one attached hydrogen (secondary N) is 1. The Hall–Kier alpha value is -2.78. The summed E-state index contributed by atoms with van der Waals surface area (Å²) < 4.78 is 50.0.